The Labute approximate surface area is 146 Å². The van der Waals surface area contributed by atoms with Crippen LogP contribution in [-0.2, 0) is 19.1 Å². The first-order chi connectivity index (χ1) is 10.9. The van der Waals surface area contributed by atoms with Gasteiger partial charge in [0.1, 0.15) is 12.2 Å². The maximum absolute atomic E-state index is 11.6. The highest BCUT2D eigenvalue weighted by Gasteiger charge is 2.58. The molecule has 4 atom stereocenters. The van der Waals surface area contributed by atoms with Crippen LogP contribution in [0.4, 0.5) is 0 Å². The standard InChI is InChI=1S/C20H34O4/c1-13(21)23-16-9-11-20(7)15(8-10-18(16,3)4)19(5,6)12-17(20)24-14(2)22/h15-17H,8-12H2,1-7H3/t15-,16+,17-,20+/m0/s1. The van der Waals surface area contributed by atoms with Crippen molar-refractivity contribution in [1.82, 2.24) is 0 Å². The Morgan fingerprint density at radius 2 is 1.33 bits per heavy atom. The van der Waals surface area contributed by atoms with E-state index in [0.717, 1.165) is 32.1 Å². The van der Waals surface area contributed by atoms with E-state index >= 15 is 0 Å². The first-order valence-corrected chi connectivity index (χ1v) is 9.23. The van der Waals surface area contributed by atoms with Gasteiger partial charge in [-0.3, -0.25) is 9.59 Å². The molecule has 138 valence electrons. The number of carbonyl (C=O) groups excluding carboxylic acids is 2. The molecular weight excluding hydrogens is 304 g/mol. The first-order valence-electron chi connectivity index (χ1n) is 9.23. The van der Waals surface area contributed by atoms with Gasteiger partial charge in [-0.15, -0.1) is 0 Å². The molecule has 0 aromatic carbocycles. The second kappa shape index (κ2) is 6.34. The van der Waals surface area contributed by atoms with Crippen LogP contribution in [0.3, 0.4) is 0 Å². The highest BCUT2D eigenvalue weighted by molar-refractivity contribution is 5.66. The lowest BCUT2D eigenvalue weighted by Gasteiger charge is -2.46. The summed E-state index contributed by atoms with van der Waals surface area (Å²) in [5.74, 6) is 0.0992. The molecule has 2 aliphatic carbocycles. The van der Waals surface area contributed by atoms with Gasteiger partial charge in [-0.1, -0.05) is 34.6 Å². The van der Waals surface area contributed by atoms with Crippen molar-refractivity contribution in [3.8, 4) is 0 Å². The molecule has 4 heteroatoms. The second-order valence-electron chi connectivity index (χ2n) is 9.51. The van der Waals surface area contributed by atoms with E-state index in [0.29, 0.717) is 5.92 Å². The van der Waals surface area contributed by atoms with Gasteiger partial charge in [0.15, 0.2) is 0 Å². The molecule has 2 fully saturated rings. The number of ether oxygens (including phenoxy) is 2. The fourth-order valence-corrected chi connectivity index (χ4v) is 5.33. The number of carbonyl (C=O) groups is 2. The molecule has 0 unspecified atom stereocenters. The molecule has 0 saturated heterocycles. The van der Waals surface area contributed by atoms with Crippen molar-refractivity contribution in [3.05, 3.63) is 0 Å². The molecule has 4 nitrogen and oxygen atoms in total. The molecule has 2 aliphatic rings. The molecule has 0 N–H and O–H groups in total. The Bertz CT molecular complexity index is 508. The van der Waals surface area contributed by atoms with E-state index in [4.69, 9.17) is 9.47 Å². The predicted molar refractivity (Wildman–Crippen MR) is 93.4 cm³/mol. The monoisotopic (exact) mass is 338 g/mol. The third-order valence-corrected chi connectivity index (χ3v) is 6.70. The first kappa shape index (κ1) is 19.3. The molecular formula is C20H34O4. The number of esters is 2. The summed E-state index contributed by atoms with van der Waals surface area (Å²) in [6.07, 6.45) is 4.62. The highest BCUT2D eigenvalue weighted by Crippen LogP contribution is 2.61. The average molecular weight is 338 g/mol. The van der Waals surface area contributed by atoms with E-state index in [1.807, 2.05) is 0 Å². The fourth-order valence-electron chi connectivity index (χ4n) is 5.33. The molecule has 24 heavy (non-hydrogen) atoms. The summed E-state index contributed by atoms with van der Waals surface area (Å²) in [6, 6.07) is 0. The van der Waals surface area contributed by atoms with Crippen molar-refractivity contribution < 1.29 is 19.1 Å². The smallest absolute Gasteiger partial charge is 0.302 e. The lowest BCUT2D eigenvalue weighted by molar-refractivity contribution is -0.159. The topological polar surface area (TPSA) is 52.6 Å². The highest BCUT2D eigenvalue weighted by atomic mass is 16.5. The van der Waals surface area contributed by atoms with Crippen LogP contribution in [0, 0.1) is 22.2 Å². The summed E-state index contributed by atoms with van der Waals surface area (Å²) in [6.45, 7) is 14.3. The Kier molecular flexibility index (Phi) is 5.09. The van der Waals surface area contributed by atoms with Gasteiger partial charge in [0.25, 0.3) is 0 Å². The van der Waals surface area contributed by atoms with Gasteiger partial charge in [0.2, 0.25) is 0 Å². The molecule has 0 heterocycles. The zero-order chi connectivity index (χ0) is 18.3. The molecule has 2 rings (SSSR count). The zero-order valence-corrected chi connectivity index (χ0v) is 16.4. The summed E-state index contributed by atoms with van der Waals surface area (Å²) < 4.78 is 11.4. The van der Waals surface area contributed by atoms with Crippen molar-refractivity contribution in [2.75, 3.05) is 0 Å². The van der Waals surface area contributed by atoms with Crippen molar-refractivity contribution in [2.45, 2.75) is 92.8 Å². The maximum Gasteiger partial charge on any atom is 0.302 e. The summed E-state index contributed by atoms with van der Waals surface area (Å²) in [5, 5.41) is 0. The quantitative estimate of drug-likeness (QED) is 0.696. The van der Waals surface area contributed by atoms with Gasteiger partial charge >= 0.3 is 11.9 Å². The largest absolute Gasteiger partial charge is 0.462 e. The van der Waals surface area contributed by atoms with E-state index in [1.165, 1.54) is 13.8 Å². The van der Waals surface area contributed by atoms with E-state index in [9.17, 15) is 9.59 Å². The minimum absolute atomic E-state index is 0.0252. The third-order valence-electron chi connectivity index (χ3n) is 6.70. The van der Waals surface area contributed by atoms with E-state index < -0.39 is 0 Å². The van der Waals surface area contributed by atoms with E-state index in [1.54, 1.807) is 0 Å². The molecule has 0 aromatic rings. The van der Waals surface area contributed by atoms with Crippen LogP contribution >= 0.6 is 0 Å². The number of hydrogen-bond acceptors (Lipinski definition) is 4. The minimum Gasteiger partial charge on any atom is -0.462 e. The number of hydrogen-bond donors (Lipinski definition) is 0. The fraction of sp³-hybridized carbons (Fsp3) is 0.900. The number of rotatable bonds is 2. The van der Waals surface area contributed by atoms with Crippen LogP contribution in [0.25, 0.3) is 0 Å². The van der Waals surface area contributed by atoms with Gasteiger partial charge in [0.05, 0.1) is 0 Å². The number of fused-ring (bicyclic) bond motifs is 1. The van der Waals surface area contributed by atoms with Crippen molar-refractivity contribution in [2.24, 2.45) is 22.2 Å². The molecule has 0 aliphatic heterocycles. The van der Waals surface area contributed by atoms with Crippen LogP contribution in [-0.4, -0.2) is 24.1 Å². The van der Waals surface area contributed by atoms with E-state index in [-0.39, 0.29) is 40.4 Å². The Morgan fingerprint density at radius 1 is 0.792 bits per heavy atom. The molecule has 0 spiro atoms. The predicted octanol–water partition coefficient (Wildman–Crippen LogP) is 4.50. The Morgan fingerprint density at radius 3 is 1.88 bits per heavy atom. The lowest BCUT2D eigenvalue weighted by atomic mass is 9.61. The normalized spacial score (nSPS) is 37.7. The van der Waals surface area contributed by atoms with Crippen LogP contribution in [0.2, 0.25) is 0 Å². The zero-order valence-electron chi connectivity index (χ0n) is 16.4. The molecule has 2 saturated carbocycles. The van der Waals surface area contributed by atoms with Crippen LogP contribution in [0.1, 0.15) is 80.6 Å². The molecule has 0 bridgehead atoms. The van der Waals surface area contributed by atoms with Gasteiger partial charge in [-0.2, -0.15) is 0 Å². The van der Waals surface area contributed by atoms with Crippen molar-refractivity contribution >= 4 is 11.9 Å². The van der Waals surface area contributed by atoms with Crippen LogP contribution in [0.15, 0.2) is 0 Å². The summed E-state index contributed by atoms with van der Waals surface area (Å²) in [5.41, 5.74) is 0.0753. The van der Waals surface area contributed by atoms with Gasteiger partial charge in [-0.25, -0.2) is 0 Å². The summed E-state index contributed by atoms with van der Waals surface area (Å²) in [4.78, 5) is 23.1. The van der Waals surface area contributed by atoms with Crippen LogP contribution < -0.4 is 0 Å². The average Bonchev–Trinajstić information content (AvgIpc) is 2.57. The van der Waals surface area contributed by atoms with Crippen molar-refractivity contribution in [3.63, 3.8) is 0 Å². The summed E-state index contributed by atoms with van der Waals surface area (Å²) >= 11 is 0. The second-order valence-corrected chi connectivity index (χ2v) is 9.51. The molecule has 0 radical (unpaired) electrons. The maximum atomic E-state index is 11.6. The van der Waals surface area contributed by atoms with Gasteiger partial charge < -0.3 is 9.47 Å². The Balaban J connectivity index is 2.30. The van der Waals surface area contributed by atoms with Crippen LogP contribution in [0.5, 0.6) is 0 Å². The lowest BCUT2D eigenvalue weighted by Crippen LogP contribution is -2.43. The SMILES string of the molecule is CC(=O)O[C@H]1CC(C)(C)[C@@H]2CCC(C)(C)[C@H](OC(C)=O)CC[C@@]12C. The van der Waals surface area contributed by atoms with E-state index in [2.05, 4.69) is 34.6 Å². The van der Waals surface area contributed by atoms with Gasteiger partial charge in [0, 0.05) is 24.7 Å². The third kappa shape index (κ3) is 3.62. The summed E-state index contributed by atoms with van der Waals surface area (Å²) in [7, 11) is 0. The minimum atomic E-state index is -0.210. The Hall–Kier alpha value is -1.06. The van der Waals surface area contributed by atoms with Gasteiger partial charge in [-0.05, 0) is 43.4 Å². The molecule has 0 amide bonds. The van der Waals surface area contributed by atoms with Crippen molar-refractivity contribution in [1.29, 1.82) is 0 Å². The molecule has 0 aromatic heterocycles.